The zero-order chi connectivity index (χ0) is 22.6. The lowest BCUT2D eigenvalue weighted by molar-refractivity contribution is 0.0286. The van der Waals surface area contributed by atoms with Crippen molar-refractivity contribution >= 4 is 23.1 Å². The van der Waals surface area contributed by atoms with Gasteiger partial charge in [0.2, 0.25) is 0 Å². The molecule has 3 heterocycles. The Balaban J connectivity index is 1.68. The molecule has 0 saturated carbocycles. The van der Waals surface area contributed by atoms with E-state index in [1.807, 2.05) is 24.4 Å². The monoisotopic (exact) mass is 454 g/mol. The van der Waals surface area contributed by atoms with Crippen LogP contribution in [0, 0.1) is 5.92 Å². The summed E-state index contributed by atoms with van der Waals surface area (Å²) in [6.45, 7) is 1.63. The highest BCUT2D eigenvalue weighted by atomic mass is 35.5. The number of aliphatic hydroxyl groups excluding tert-OH is 1. The molecular weight excluding hydrogens is 428 g/mol. The minimum absolute atomic E-state index is 0.181. The van der Waals surface area contributed by atoms with E-state index < -0.39 is 5.79 Å². The van der Waals surface area contributed by atoms with Crippen LogP contribution >= 0.6 is 11.6 Å². The van der Waals surface area contributed by atoms with Gasteiger partial charge in [-0.1, -0.05) is 11.6 Å². The van der Waals surface area contributed by atoms with Crippen LogP contribution in [0.5, 0.6) is 5.75 Å². The number of hydrogen-bond acceptors (Lipinski definition) is 6. The van der Waals surface area contributed by atoms with Gasteiger partial charge in [-0.15, -0.1) is 0 Å². The van der Waals surface area contributed by atoms with Gasteiger partial charge in [0.15, 0.2) is 5.79 Å². The lowest BCUT2D eigenvalue weighted by Gasteiger charge is -2.47. The number of rotatable bonds is 6. The second-order valence-corrected chi connectivity index (χ2v) is 8.40. The van der Waals surface area contributed by atoms with Crippen LogP contribution in [-0.4, -0.2) is 53.5 Å². The van der Waals surface area contributed by atoms with Gasteiger partial charge >= 0.3 is 0 Å². The number of hydrogen-bond donors (Lipinski definition) is 3. The highest BCUT2D eigenvalue weighted by Gasteiger charge is 2.39. The number of amides is 1. The van der Waals surface area contributed by atoms with Crippen molar-refractivity contribution in [2.45, 2.75) is 18.6 Å². The number of dihydropyridines is 1. The Kier molecular flexibility index (Phi) is 6.79. The third kappa shape index (κ3) is 4.65. The maximum absolute atomic E-state index is 13.2. The molecule has 1 amide bonds. The van der Waals surface area contributed by atoms with Crippen molar-refractivity contribution in [3.63, 3.8) is 0 Å². The summed E-state index contributed by atoms with van der Waals surface area (Å²) in [5.74, 6) is -0.182. The number of pyridine rings is 1. The van der Waals surface area contributed by atoms with Crippen molar-refractivity contribution in [1.29, 1.82) is 0 Å². The van der Waals surface area contributed by atoms with E-state index in [1.54, 1.807) is 43.8 Å². The number of aromatic nitrogens is 1. The molecule has 1 saturated heterocycles. The minimum atomic E-state index is -0.936. The molecule has 2 aliphatic heterocycles. The van der Waals surface area contributed by atoms with Crippen LogP contribution in [0.4, 0.5) is 0 Å². The molecule has 1 fully saturated rings. The second-order valence-electron chi connectivity index (χ2n) is 7.99. The second kappa shape index (κ2) is 9.73. The fourth-order valence-corrected chi connectivity index (χ4v) is 4.37. The Morgan fingerprint density at radius 2 is 2.06 bits per heavy atom. The van der Waals surface area contributed by atoms with Crippen LogP contribution in [0.2, 0.25) is 5.02 Å². The zero-order valence-corrected chi connectivity index (χ0v) is 18.7. The smallest absolute Gasteiger partial charge is 0.254 e. The standard InChI is InChI=1S/C24H27ClN4O3/c1-32-20-4-2-18(3-5-20)23(31)28-24(29-12-8-17(16-30)9-13-29)14-19(6-11-27-24)21-7-10-26-15-22(21)25/h2-7,10-11,14-15,17,27,30H,8-9,12-13,16H2,1H3,(H,28,31). The number of benzene rings is 1. The fourth-order valence-electron chi connectivity index (χ4n) is 4.14. The molecule has 32 heavy (non-hydrogen) atoms. The average molecular weight is 455 g/mol. The molecule has 168 valence electrons. The number of halogens is 1. The Morgan fingerprint density at radius 3 is 2.72 bits per heavy atom. The molecule has 2 aliphatic rings. The molecule has 0 aliphatic carbocycles. The molecular formula is C24H27ClN4O3. The third-order valence-corrected chi connectivity index (χ3v) is 6.34. The number of allylic oxidation sites excluding steroid dienone is 2. The summed E-state index contributed by atoms with van der Waals surface area (Å²) < 4.78 is 5.20. The molecule has 7 nitrogen and oxygen atoms in total. The Hall–Kier alpha value is -2.87. The zero-order valence-electron chi connectivity index (χ0n) is 17.9. The maximum atomic E-state index is 13.2. The average Bonchev–Trinajstić information content (AvgIpc) is 2.84. The van der Waals surface area contributed by atoms with E-state index in [-0.39, 0.29) is 18.4 Å². The first-order valence-corrected chi connectivity index (χ1v) is 11.0. The fraction of sp³-hybridized carbons (Fsp3) is 0.333. The highest BCUT2D eigenvalue weighted by Crippen LogP contribution is 2.31. The van der Waals surface area contributed by atoms with E-state index >= 15 is 0 Å². The summed E-state index contributed by atoms with van der Waals surface area (Å²) in [5, 5.41) is 16.7. The molecule has 1 aromatic carbocycles. The molecule has 0 bridgehead atoms. The summed E-state index contributed by atoms with van der Waals surface area (Å²) in [4.78, 5) is 19.5. The van der Waals surface area contributed by atoms with Gasteiger partial charge in [-0.2, -0.15) is 0 Å². The van der Waals surface area contributed by atoms with Gasteiger partial charge in [0.05, 0.1) is 12.1 Å². The third-order valence-electron chi connectivity index (χ3n) is 6.04. The SMILES string of the molecule is COc1ccc(C(=O)NC2(N3CCC(CO)CC3)C=C(c3ccncc3Cl)C=CN2)cc1. The number of nitrogens with one attached hydrogen (secondary N) is 2. The van der Waals surface area contributed by atoms with Crippen LogP contribution < -0.4 is 15.4 Å². The lowest BCUT2D eigenvalue weighted by Crippen LogP contribution is -2.68. The Labute approximate surface area is 192 Å². The molecule has 1 aromatic heterocycles. The predicted octanol–water partition coefficient (Wildman–Crippen LogP) is 3.03. The van der Waals surface area contributed by atoms with E-state index in [0.717, 1.165) is 37.1 Å². The molecule has 8 heteroatoms. The molecule has 3 N–H and O–H groups in total. The van der Waals surface area contributed by atoms with Gasteiger partial charge in [-0.05, 0) is 66.8 Å². The molecule has 1 atom stereocenters. The number of ether oxygens (including phenoxy) is 1. The first kappa shape index (κ1) is 22.3. The largest absolute Gasteiger partial charge is 0.497 e. The number of carbonyl (C=O) groups is 1. The van der Waals surface area contributed by atoms with Crippen molar-refractivity contribution < 1.29 is 14.6 Å². The number of nitrogens with zero attached hydrogens (tertiary/aromatic N) is 2. The van der Waals surface area contributed by atoms with E-state index in [1.165, 1.54) is 0 Å². The van der Waals surface area contributed by atoms with Gasteiger partial charge < -0.3 is 20.5 Å². The Morgan fingerprint density at radius 1 is 1.31 bits per heavy atom. The summed E-state index contributed by atoms with van der Waals surface area (Å²) in [5.41, 5.74) is 2.26. The summed E-state index contributed by atoms with van der Waals surface area (Å²) in [6.07, 6.45) is 10.8. The molecule has 2 aromatic rings. The van der Waals surface area contributed by atoms with Crippen molar-refractivity contribution in [1.82, 2.24) is 20.5 Å². The van der Waals surface area contributed by atoms with Crippen LogP contribution in [0.25, 0.3) is 5.57 Å². The van der Waals surface area contributed by atoms with Gasteiger partial charge in [0.25, 0.3) is 5.91 Å². The van der Waals surface area contributed by atoms with Crippen LogP contribution in [0.3, 0.4) is 0 Å². The lowest BCUT2D eigenvalue weighted by atomic mass is 9.94. The van der Waals surface area contributed by atoms with Crippen LogP contribution in [0.1, 0.15) is 28.8 Å². The molecule has 4 rings (SSSR count). The van der Waals surface area contributed by atoms with Crippen LogP contribution in [0.15, 0.2) is 61.1 Å². The van der Waals surface area contributed by atoms with Crippen LogP contribution in [-0.2, 0) is 0 Å². The number of carbonyl (C=O) groups excluding carboxylic acids is 1. The van der Waals surface area contributed by atoms with E-state index in [0.29, 0.717) is 16.3 Å². The number of methoxy groups -OCH3 is 1. The van der Waals surface area contributed by atoms with Crippen molar-refractivity contribution in [3.8, 4) is 5.75 Å². The first-order chi connectivity index (χ1) is 15.5. The van der Waals surface area contributed by atoms with E-state index in [9.17, 15) is 9.90 Å². The molecule has 1 unspecified atom stereocenters. The van der Waals surface area contributed by atoms with E-state index in [4.69, 9.17) is 16.3 Å². The first-order valence-electron chi connectivity index (χ1n) is 10.6. The molecule has 0 radical (unpaired) electrons. The van der Waals surface area contributed by atoms with Gasteiger partial charge in [0.1, 0.15) is 5.75 Å². The minimum Gasteiger partial charge on any atom is -0.497 e. The summed E-state index contributed by atoms with van der Waals surface area (Å²) in [7, 11) is 1.59. The quantitative estimate of drug-likeness (QED) is 0.622. The Bertz CT molecular complexity index is 1020. The number of piperidine rings is 1. The number of aliphatic hydroxyl groups is 1. The van der Waals surface area contributed by atoms with Gasteiger partial charge in [-0.25, -0.2) is 0 Å². The van der Waals surface area contributed by atoms with Gasteiger partial charge in [0, 0.05) is 49.4 Å². The topological polar surface area (TPSA) is 86.7 Å². The van der Waals surface area contributed by atoms with Crippen molar-refractivity contribution in [2.24, 2.45) is 5.92 Å². The summed E-state index contributed by atoms with van der Waals surface area (Å²) >= 11 is 6.41. The predicted molar refractivity (Wildman–Crippen MR) is 124 cm³/mol. The summed E-state index contributed by atoms with van der Waals surface area (Å²) in [6, 6.07) is 8.87. The van der Waals surface area contributed by atoms with E-state index in [2.05, 4.69) is 20.5 Å². The maximum Gasteiger partial charge on any atom is 0.254 e. The highest BCUT2D eigenvalue weighted by molar-refractivity contribution is 6.32. The molecule has 0 spiro atoms. The van der Waals surface area contributed by atoms with Gasteiger partial charge in [-0.3, -0.25) is 14.7 Å². The number of likely N-dealkylation sites (tertiary alicyclic amines) is 1. The van der Waals surface area contributed by atoms with Crippen molar-refractivity contribution in [3.05, 3.63) is 77.2 Å². The van der Waals surface area contributed by atoms with Crippen molar-refractivity contribution in [2.75, 3.05) is 26.8 Å². The normalized spacial score (nSPS) is 21.5.